The molecule has 0 aliphatic carbocycles. The molecule has 0 spiro atoms. The van der Waals surface area contributed by atoms with E-state index in [0.717, 1.165) is 5.56 Å². The van der Waals surface area contributed by atoms with Gasteiger partial charge in [0.05, 0.1) is 5.56 Å². The topological polar surface area (TPSA) is 78.6 Å². The summed E-state index contributed by atoms with van der Waals surface area (Å²) in [5.74, 6) is 0.344. The number of carbonyl (C=O) groups excluding carboxylic acids is 2. The first kappa shape index (κ1) is 13.9. The van der Waals surface area contributed by atoms with Crippen LogP contribution in [0.1, 0.15) is 15.9 Å². The van der Waals surface area contributed by atoms with Gasteiger partial charge in [-0.3, -0.25) is 9.59 Å². The highest BCUT2D eigenvalue weighted by Crippen LogP contribution is 2.34. The molecule has 0 aromatic heterocycles. The molecule has 1 aliphatic rings. The molecule has 2 N–H and O–H groups in total. The molecule has 5 heteroatoms. The van der Waals surface area contributed by atoms with Gasteiger partial charge in [0.25, 0.3) is 5.91 Å². The third kappa shape index (κ3) is 2.83. The molecular weight excluding hydrogens is 282 g/mol. The number of ketones is 1. The number of ether oxygens (including phenoxy) is 2. The van der Waals surface area contributed by atoms with E-state index in [2.05, 4.69) is 0 Å². The van der Waals surface area contributed by atoms with Gasteiger partial charge in [-0.15, -0.1) is 0 Å². The number of benzene rings is 2. The smallest absolute Gasteiger partial charge is 0.255 e. The summed E-state index contributed by atoms with van der Waals surface area (Å²) in [6.07, 6.45) is 1.69. The lowest BCUT2D eigenvalue weighted by atomic mass is 10.1. The van der Waals surface area contributed by atoms with Crippen LogP contribution in [0.5, 0.6) is 11.5 Å². The van der Waals surface area contributed by atoms with Crippen LogP contribution in [0.2, 0.25) is 0 Å². The van der Waals surface area contributed by atoms with Gasteiger partial charge >= 0.3 is 0 Å². The maximum absolute atomic E-state index is 12.3. The number of Topliss-reactive ketones (excluding diaryl/α,β-unsaturated/α-hetero) is 1. The third-order valence-electron chi connectivity index (χ3n) is 3.12. The van der Waals surface area contributed by atoms with Crippen LogP contribution in [-0.2, 0) is 4.79 Å². The summed E-state index contributed by atoms with van der Waals surface area (Å²) in [6, 6.07) is 14.2. The van der Waals surface area contributed by atoms with Crippen molar-refractivity contribution in [2.24, 2.45) is 5.73 Å². The first-order valence-corrected chi connectivity index (χ1v) is 6.68. The van der Waals surface area contributed by atoms with E-state index in [-0.39, 0.29) is 18.1 Å². The molecule has 110 valence electrons. The number of fused-ring (bicyclic) bond motifs is 1. The van der Waals surface area contributed by atoms with E-state index in [9.17, 15) is 9.59 Å². The van der Waals surface area contributed by atoms with E-state index in [0.29, 0.717) is 17.1 Å². The van der Waals surface area contributed by atoms with Crippen LogP contribution in [0.4, 0.5) is 0 Å². The summed E-state index contributed by atoms with van der Waals surface area (Å²) < 4.78 is 10.8. The molecule has 1 aliphatic heterocycles. The van der Waals surface area contributed by atoms with Gasteiger partial charge in [0.15, 0.2) is 12.4 Å². The summed E-state index contributed by atoms with van der Waals surface area (Å²) in [6.45, 7) is -0.223. The van der Waals surface area contributed by atoms with Crippen LogP contribution < -0.4 is 15.2 Å². The van der Waals surface area contributed by atoms with Crippen LogP contribution in [-0.4, -0.2) is 18.3 Å². The minimum atomic E-state index is -0.567. The average molecular weight is 295 g/mol. The molecule has 0 bridgehead atoms. The number of hydrogen-bond donors (Lipinski definition) is 1. The van der Waals surface area contributed by atoms with E-state index in [1.165, 1.54) is 0 Å². The lowest BCUT2D eigenvalue weighted by molar-refractivity contribution is -0.119. The molecule has 2 aromatic carbocycles. The summed E-state index contributed by atoms with van der Waals surface area (Å²) in [5, 5.41) is 0. The zero-order valence-corrected chi connectivity index (χ0v) is 11.6. The second-order valence-corrected chi connectivity index (χ2v) is 4.76. The second kappa shape index (κ2) is 5.73. The van der Waals surface area contributed by atoms with E-state index < -0.39 is 5.91 Å². The number of amides is 1. The molecule has 2 aromatic rings. The highest BCUT2D eigenvalue weighted by molar-refractivity contribution is 6.14. The van der Waals surface area contributed by atoms with E-state index in [4.69, 9.17) is 15.2 Å². The molecule has 3 rings (SSSR count). The summed E-state index contributed by atoms with van der Waals surface area (Å²) >= 11 is 0. The molecule has 5 nitrogen and oxygen atoms in total. The van der Waals surface area contributed by atoms with Crippen LogP contribution >= 0.6 is 0 Å². The molecule has 1 amide bonds. The van der Waals surface area contributed by atoms with Crippen molar-refractivity contribution in [2.75, 3.05) is 6.61 Å². The van der Waals surface area contributed by atoms with Crippen molar-refractivity contribution < 1.29 is 19.1 Å². The average Bonchev–Trinajstić information content (AvgIpc) is 2.82. The van der Waals surface area contributed by atoms with Gasteiger partial charge in [0.2, 0.25) is 5.78 Å². The SMILES string of the molecule is NC(=O)COc1ccc2c(c1)O/C(=C\c1ccccc1)C2=O. The lowest BCUT2D eigenvalue weighted by Crippen LogP contribution is -2.19. The molecular formula is C17H13NO4. The predicted octanol–water partition coefficient (Wildman–Crippen LogP) is 2.17. The Bertz CT molecular complexity index is 765. The van der Waals surface area contributed by atoms with Crippen molar-refractivity contribution in [2.45, 2.75) is 0 Å². The van der Waals surface area contributed by atoms with Crippen molar-refractivity contribution in [3.63, 3.8) is 0 Å². The molecule has 0 unspecified atom stereocenters. The fourth-order valence-corrected chi connectivity index (χ4v) is 2.11. The molecule has 0 fully saturated rings. The number of allylic oxidation sites excluding steroid dienone is 1. The fraction of sp³-hybridized carbons (Fsp3) is 0.0588. The second-order valence-electron chi connectivity index (χ2n) is 4.76. The van der Waals surface area contributed by atoms with E-state index >= 15 is 0 Å². The first-order chi connectivity index (χ1) is 10.6. The first-order valence-electron chi connectivity index (χ1n) is 6.68. The summed E-state index contributed by atoms with van der Waals surface area (Å²) in [4.78, 5) is 23.0. The molecule has 0 saturated heterocycles. The molecule has 22 heavy (non-hydrogen) atoms. The van der Waals surface area contributed by atoms with Gasteiger partial charge in [0.1, 0.15) is 11.5 Å². The highest BCUT2D eigenvalue weighted by atomic mass is 16.5. The number of rotatable bonds is 4. The van der Waals surface area contributed by atoms with Crippen molar-refractivity contribution in [1.29, 1.82) is 0 Å². The minimum absolute atomic E-state index is 0.180. The standard InChI is InChI=1S/C17H13NO4/c18-16(19)10-21-12-6-7-13-14(9-12)22-15(17(13)20)8-11-4-2-1-3-5-11/h1-9H,10H2,(H2,18,19)/b15-8-. The largest absolute Gasteiger partial charge is 0.484 e. The Morgan fingerprint density at radius 3 is 2.68 bits per heavy atom. The molecule has 0 radical (unpaired) electrons. The molecule has 0 atom stereocenters. The monoisotopic (exact) mass is 295 g/mol. The van der Waals surface area contributed by atoms with Crippen molar-refractivity contribution in [3.8, 4) is 11.5 Å². The normalized spacial score (nSPS) is 14.5. The third-order valence-corrected chi connectivity index (χ3v) is 3.12. The Hall–Kier alpha value is -3.08. The van der Waals surface area contributed by atoms with Crippen molar-refractivity contribution >= 4 is 17.8 Å². The lowest BCUT2D eigenvalue weighted by Gasteiger charge is -2.04. The Morgan fingerprint density at radius 2 is 1.95 bits per heavy atom. The van der Waals surface area contributed by atoms with Crippen LogP contribution in [0.25, 0.3) is 6.08 Å². The fourth-order valence-electron chi connectivity index (χ4n) is 2.11. The molecule has 1 heterocycles. The molecule has 0 saturated carbocycles. The zero-order chi connectivity index (χ0) is 15.5. The van der Waals surface area contributed by atoms with Crippen molar-refractivity contribution in [3.05, 3.63) is 65.4 Å². The Kier molecular flexibility index (Phi) is 3.62. The zero-order valence-electron chi connectivity index (χ0n) is 11.6. The predicted molar refractivity (Wildman–Crippen MR) is 80.5 cm³/mol. The quantitative estimate of drug-likeness (QED) is 0.877. The van der Waals surface area contributed by atoms with Gasteiger partial charge in [0, 0.05) is 6.07 Å². The number of nitrogens with two attached hydrogens (primary N) is 1. The number of hydrogen-bond acceptors (Lipinski definition) is 4. The highest BCUT2D eigenvalue weighted by Gasteiger charge is 2.27. The van der Waals surface area contributed by atoms with E-state index in [1.54, 1.807) is 24.3 Å². The number of carbonyl (C=O) groups is 2. The van der Waals surface area contributed by atoms with Gasteiger partial charge in [-0.2, -0.15) is 0 Å². The van der Waals surface area contributed by atoms with Gasteiger partial charge in [-0.25, -0.2) is 0 Å². The maximum atomic E-state index is 12.3. The van der Waals surface area contributed by atoms with Gasteiger partial charge in [-0.1, -0.05) is 30.3 Å². The van der Waals surface area contributed by atoms with Gasteiger partial charge in [-0.05, 0) is 23.8 Å². The van der Waals surface area contributed by atoms with Crippen LogP contribution in [0.15, 0.2) is 54.3 Å². The Balaban J connectivity index is 1.84. The van der Waals surface area contributed by atoms with Crippen LogP contribution in [0, 0.1) is 0 Å². The van der Waals surface area contributed by atoms with Gasteiger partial charge < -0.3 is 15.2 Å². The Labute approximate surface area is 127 Å². The Morgan fingerprint density at radius 1 is 1.18 bits per heavy atom. The van der Waals surface area contributed by atoms with Crippen LogP contribution in [0.3, 0.4) is 0 Å². The maximum Gasteiger partial charge on any atom is 0.255 e. The van der Waals surface area contributed by atoms with E-state index in [1.807, 2.05) is 30.3 Å². The van der Waals surface area contributed by atoms with Crippen molar-refractivity contribution in [1.82, 2.24) is 0 Å². The summed E-state index contributed by atoms with van der Waals surface area (Å²) in [7, 11) is 0. The number of primary amides is 1. The summed E-state index contributed by atoms with van der Waals surface area (Å²) in [5.41, 5.74) is 6.37. The minimum Gasteiger partial charge on any atom is -0.484 e.